The van der Waals surface area contributed by atoms with Crippen molar-refractivity contribution >= 4 is 50.8 Å². The Labute approximate surface area is 137 Å². The molecule has 0 fully saturated rings. The number of rotatable bonds is 2. The van der Waals surface area contributed by atoms with Crippen molar-refractivity contribution in [3.63, 3.8) is 0 Å². The fourth-order valence-electron chi connectivity index (χ4n) is 1.93. The zero-order valence-electron chi connectivity index (χ0n) is 10.3. The van der Waals surface area contributed by atoms with Crippen molar-refractivity contribution in [2.24, 2.45) is 0 Å². The average Bonchev–Trinajstić information content (AvgIpc) is 3.16. The summed E-state index contributed by atoms with van der Waals surface area (Å²) in [7, 11) is 0. The number of aromatic nitrogens is 4. The highest BCUT2D eigenvalue weighted by molar-refractivity contribution is 7.19. The number of hydrogen-bond donors (Lipinski definition) is 0. The zero-order chi connectivity index (χ0) is 14.4. The van der Waals surface area contributed by atoms with Crippen LogP contribution in [0.15, 0.2) is 35.0 Å². The Morgan fingerprint density at radius 2 is 1.90 bits per heavy atom. The molecule has 0 spiro atoms. The van der Waals surface area contributed by atoms with Crippen LogP contribution in [0.4, 0.5) is 0 Å². The van der Waals surface area contributed by atoms with Crippen molar-refractivity contribution in [3.05, 3.63) is 45.1 Å². The minimum absolute atomic E-state index is 0.512. The van der Waals surface area contributed by atoms with Gasteiger partial charge in [-0.2, -0.15) is 21.0 Å². The van der Waals surface area contributed by atoms with E-state index in [9.17, 15) is 0 Å². The van der Waals surface area contributed by atoms with Crippen LogP contribution in [0.3, 0.4) is 0 Å². The predicted octanol–water partition coefficient (Wildman–Crippen LogP) is 4.89. The number of hydrogen-bond acceptors (Lipinski definition) is 5. The first-order valence-corrected chi connectivity index (χ1v) is 8.44. The van der Waals surface area contributed by atoms with E-state index in [0.717, 1.165) is 26.9 Å². The Morgan fingerprint density at radius 3 is 2.67 bits per heavy atom. The van der Waals surface area contributed by atoms with Gasteiger partial charge in [-0.1, -0.05) is 40.6 Å². The number of thiophene rings is 1. The van der Waals surface area contributed by atoms with Crippen molar-refractivity contribution in [1.29, 1.82) is 0 Å². The lowest BCUT2D eigenvalue weighted by molar-refractivity contribution is 0.971. The highest BCUT2D eigenvalue weighted by Crippen LogP contribution is 2.32. The smallest absolute Gasteiger partial charge is 0.182 e. The first-order valence-electron chi connectivity index (χ1n) is 5.92. The Balaban J connectivity index is 1.86. The van der Waals surface area contributed by atoms with Crippen LogP contribution in [0.5, 0.6) is 0 Å². The summed E-state index contributed by atoms with van der Waals surface area (Å²) < 4.78 is 1.75. The lowest BCUT2D eigenvalue weighted by Gasteiger charge is -1.98. The minimum atomic E-state index is 0.512. The summed E-state index contributed by atoms with van der Waals surface area (Å²) >= 11 is 15.1. The van der Waals surface area contributed by atoms with Gasteiger partial charge in [0.05, 0.1) is 10.0 Å². The Kier molecular flexibility index (Phi) is 3.19. The monoisotopic (exact) mass is 352 g/mol. The third kappa shape index (κ3) is 2.24. The van der Waals surface area contributed by atoms with Crippen molar-refractivity contribution in [1.82, 2.24) is 19.8 Å². The van der Waals surface area contributed by atoms with E-state index in [0.29, 0.717) is 10.0 Å². The van der Waals surface area contributed by atoms with Crippen LogP contribution in [0, 0.1) is 0 Å². The van der Waals surface area contributed by atoms with Gasteiger partial charge in [-0.15, -0.1) is 10.2 Å². The molecule has 104 valence electrons. The van der Waals surface area contributed by atoms with Crippen LogP contribution in [0.1, 0.15) is 0 Å². The summed E-state index contributed by atoms with van der Waals surface area (Å²) in [6.07, 6.45) is 0. The summed E-state index contributed by atoms with van der Waals surface area (Å²) in [5.74, 6) is 0.744. The van der Waals surface area contributed by atoms with Gasteiger partial charge >= 0.3 is 0 Å². The number of fused-ring (bicyclic) bond motifs is 1. The van der Waals surface area contributed by atoms with Crippen molar-refractivity contribution in [2.75, 3.05) is 0 Å². The summed E-state index contributed by atoms with van der Waals surface area (Å²) in [4.78, 5) is 0.747. The van der Waals surface area contributed by atoms with Gasteiger partial charge < -0.3 is 0 Å². The molecule has 0 amide bonds. The number of nitrogens with zero attached hydrogens (tertiary/aromatic N) is 4. The summed E-state index contributed by atoms with van der Waals surface area (Å²) in [5.41, 5.74) is 1.93. The molecule has 8 heteroatoms. The number of benzene rings is 1. The van der Waals surface area contributed by atoms with Gasteiger partial charge in [0.1, 0.15) is 5.01 Å². The number of halogens is 2. The van der Waals surface area contributed by atoms with Gasteiger partial charge in [0, 0.05) is 16.5 Å². The summed E-state index contributed by atoms with van der Waals surface area (Å²) in [6, 6.07) is 7.46. The molecule has 0 N–H and O–H groups in total. The molecule has 0 aliphatic heterocycles. The molecule has 1 aromatic carbocycles. The summed E-state index contributed by atoms with van der Waals surface area (Å²) in [6.45, 7) is 0. The first-order chi connectivity index (χ1) is 10.2. The fraction of sp³-hybridized carbons (Fsp3) is 0. The molecule has 4 rings (SSSR count). The van der Waals surface area contributed by atoms with E-state index >= 15 is 0 Å². The van der Waals surface area contributed by atoms with Crippen LogP contribution in [-0.4, -0.2) is 19.8 Å². The topological polar surface area (TPSA) is 43.1 Å². The van der Waals surface area contributed by atoms with Crippen LogP contribution in [0.25, 0.3) is 26.9 Å². The van der Waals surface area contributed by atoms with Gasteiger partial charge in [-0.3, -0.25) is 0 Å². The third-order valence-corrected chi connectivity index (χ3v) is 5.31. The van der Waals surface area contributed by atoms with Crippen molar-refractivity contribution in [3.8, 4) is 22.0 Å². The largest absolute Gasteiger partial charge is 0.235 e. The Morgan fingerprint density at radius 1 is 1.00 bits per heavy atom. The molecule has 4 nitrogen and oxygen atoms in total. The molecule has 3 heterocycles. The molecule has 21 heavy (non-hydrogen) atoms. The molecule has 0 radical (unpaired) electrons. The highest BCUT2D eigenvalue weighted by Gasteiger charge is 2.15. The average molecular weight is 353 g/mol. The van der Waals surface area contributed by atoms with Gasteiger partial charge in [0.15, 0.2) is 5.82 Å². The quantitative estimate of drug-likeness (QED) is 0.515. The van der Waals surface area contributed by atoms with Crippen LogP contribution in [0.2, 0.25) is 10.0 Å². The van der Waals surface area contributed by atoms with Gasteiger partial charge in [-0.25, -0.2) is 0 Å². The minimum Gasteiger partial charge on any atom is -0.182 e. The second kappa shape index (κ2) is 5.06. The second-order valence-corrected chi connectivity index (χ2v) is 6.82. The Hall–Kier alpha value is -1.47. The molecule has 0 unspecified atom stereocenters. The van der Waals surface area contributed by atoms with E-state index in [-0.39, 0.29) is 0 Å². The van der Waals surface area contributed by atoms with Crippen LogP contribution >= 0.6 is 45.9 Å². The first kappa shape index (κ1) is 13.2. The molecule has 0 atom stereocenters. The molecule has 0 bridgehead atoms. The highest BCUT2D eigenvalue weighted by atomic mass is 35.5. The van der Waals surface area contributed by atoms with Crippen molar-refractivity contribution < 1.29 is 0 Å². The molecule has 0 aliphatic rings. The third-order valence-electron chi connectivity index (χ3n) is 2.94. The molecule has 0 aliphatic carbocycles. The summed E-state index contributed by atoms with van der Waals surface area (Å²) in [5, 5.41) is 18.8. The van der Waals surface area contributed by atoms with Gasteiger partial charge in [0.2, 0.25) is 4.96 Å². The van der Waals surface area contributed by atoms with E-state index in [1.54, 1.807) is 28.0 Å². The van der Waals surface area contributed by atoms with E-state index in [2.05, 4.69) is 15.3 Å². The lowest BCUT2D eigenvalue weighted by atomic mass is 10.2. The fourth-order valence-corrected chi connectivity index (χ4v) is 3.70. The van der Waals surface area contributed by atoms with Crippen molar-refractivity contribution in [2.45, 2.75) is 0 Å². The van der Waals surface area contributed by atoms with E-state index in [1.807, 2.05) is 22.9 Å². The van der Waals surface area contributed by atoms with E-state index < -0.39 is 0 Å². The normalized spacial score (nSPS) is 11.3. The molecular formula is C13H6Cl2N4S2. The zero-order valence-corrected chi connectivity index (χ0v) is 13.5. The lowest BCUT2D eigenvalue weighted by Crippen LogP contribution is -1.89. The van der Waals surface area contributed by atoms with Gasteiger partial charge in [-0.05, 0) is 23.6 Å². The Bertz CT molecular complexity index is 927. The van der Waals surface area contributed by atoms with E-state index in [4.69, 9.17) is 23.2 Å². The maximum Gasteiger partial charge on any atom is 0.235 e. The maximum atomic E-state index is 6.06. The molecule has 0 saturated heterocycles. The predicted molar refractivity (Wildman–Crippen MR) is 87.4 cm³/mol. The molecule has 4 aromatic rings. The van der Waals surface area contributed by atoms with Crippen LogP contribution in [-0.2, 0) is 0 Å². The maximum absolute atomic E-state index is 6.06. The molecular weight excluding hydrogens is 347 g/mol. The molecule has 0 saturated carbocycles. The van der Waals surface area contributed by atoms with E-state index in [1.165, 1.54) is 11.3 Å². The molecule has 3 aromatic heterocycles. The van der Waals surface area contributed by atoms with Crippen LogP contribution < -0.4 is 0 Å². The standard InChI is InChI=1S/C13H6Cl2N4S2/c14-9-2-1-7(5-10(9)15)12-18-19-11(8-3-4-20-6-8)16-17-13(19)21-12/h1-6H. The SMILES string of the molecule is Clc1ccc(-c2nn3c(-c4ccsc4)nnc3s2)cc1Cl. The van der Waals surface area contributed by atoms with Gasteiger partial charge in [0.25, 0.3) is 0 Å². The second-order valence-electron chi connectivity index (χ2n) is 4.27.